The summed E-state index contributed by atoms with van der Waals surface area (Å²) in [6, 6.07) is 19.5. The first-order valence-electron chi connectivity index (χ1n) is 11.1. The third-order valence-corrected chi connectivity index (χ3v) is 6.79. The number of nitrogens with zero attached hydrogens (tertiary/aromatic N) is 1. The van der Waals surface area contributed by atoms with Gasteiger partial charge in [0.1, 0.15) is 17.9 Å². The zero-order valence-electron chi connectivity index (χ0n) is 20.4. The third kappa shape index (κ3) is 8.32. The first kappa shape index (κ1) is 29.7. The third-order valence-electron chi connectivity index (χ3n) is 5.26. The van der Waals surface area contributed by atoms with E-state index in [2.05, 4.69) is 4.52 Å². The van der Waals surface area contributed by atoms with Crippen LogP contribution in [0.5, 0.6) is 5.75 Å². The highest BCUT2D eigenvalue weighted by molar-refractivity contribution is 7.99. The van der Waals surface area contributed by atoms with E-state index in [-0.39, 0.29) is 10.6 Å². The van der Waals surface area contributed by atoms with Gasteiger partial charge in [-0.15, -0.1) is 0 Å². The second-order valence-electron chi connectivity index (χ2n) is 8.58. The first-order chi connectivity index (χ1) is 17.7. The van der Waals surface area contributed by atoms with Gasteiger partial charge in [0, 0.05) is 22.5 Å². The second-order valence-corrected chi connectivity index (χ2v) is 10.9. The lowest BCUT2D eigenvalue weighted by molar-refractivity contribution is -0.139. The lowest BCUT2D eigenvalue weighted by Gasteiger charge is -2.29. The van der Waals surface area contributed by atoms with Crippen molar-refractivity contribution in [2.75, 3.05) is 18.6 Å². The van der Waals surface area contributed by atoms with Crippen molar-refractivity contribution in [3.05, 3.63) is 83.9 Å². The molecule has 3 rings (SSSR count). The number of hydrogen-bond donors (Lipinski definition) is 3. The van der Waals surface area contributed by atoms with Crippen LogP contribution in [0.2, 0.25) is 0 Å². The number of amides is 1. The Balaban J connectivity index is 1.81. The molecule has 0 saturated heterocycles. The molecule has 1 atom stereocenters. The topological polar surface area (TPSA) is 122 Å². The molecule has 13 heteroatoms. The molecule has 1 amide bonds. The van der Waals surface area contributed by atoms with Gasteiger partial charge in [0.05, 0.1) is 12.2 Å². The summed E-state index contributed by atoms with van der Waals surface area (Å²) in [5.41, 5.74) is 3.79. The highest BCUT2D eigenvalue weighted by atomic mass is 32.2. The van der Waals surface area contributed by atoms with Crippen molar-refractivity contribution in [3.8, 4) is 5.75 Å². The molecule has 0 bridgehead atoms. The van der Waals surface area contributed by atoms with Gasteiger partial charge in [-0.1, -0.05) is 48.2 Å². The molecule has 0 aromatic heterocycles. The van der Waals surface area contributed by atoms with E-state index in [1.165, 1.54) is 19.2 Å². The van der Waals surface area contributed by atoms with Crippen molar-refractivity contribution in [3.63, 3.8) is 0 Å². The number of rotatable bonds is 10. The molecule has 4 N–H and O–H groups in total. The summed E-state index contributed by atoms with van der Waals surface area (Å²) < 4.78 is 63.0. The molecule has 0 fully saturated rings. The van der Waals surface area contributed by atoms with Crippen LogP contribution in [0.15, 0.2) is 82.6 Å². The molecule has 0 aliphatic rings. The van der Waals surface area contributed by atoms with E-state index in [0.717, 1.165) is 35.2 Å². The summed E-state index contributed by atoms with van der Waals surface area (Å²) in [5.74, 6) is -0.406. The molecule has 0 aliphatic carbocycles. The number of phosphoric acid groups is 1. The minimum Gasteiger partial charge on any atom is -0.489 e. The van der Waals surface area contributed by atoms with Gasteiger partial charge in [-0.2, -0.15) is 13.2 Å². The highest BCUT2D eigenvalue weighted by Crippen LogP contribution is 2.42. The number of anilines is 1. The van der Waals surface area contributed by atoms with Crippen LogP contribution in [0.3, 0.4) is 0 Å². The van der Waals surface area contributed by atoms with Crippen molar-refractivity contribution in [2.45, 2.75) is 35.0 Å². The lowest BCUT2D eigenvalue weighted by atomic mass is 10.0. The van der Waals surface area contributed by atoms with Gasteiger partial charge in [0.15, 0.2) is 0 Å². The molecular formula is C25H26F3N2O6PS. The van der Waals surface area contributed by atoms with E-state index >= 15 is 0 Å². The van der Waals surface area contributed by atoms with Gasteiger partial charge < -0.3 is 25.2 Å². The van der Waals surface area contributed by atoms with E-state index in [0.29, 0.717) is 17.3 Å². The van der Waals surface area contributed by atoms with Crippen LogP contribution in [0.1, 0.15) is 18.1 Å². The Morgan fingerprint density at radius 3 is 2.37 bits per heavy atom. The first-order valence-corrected chi connectivity index (χ1v) is 13.4. The smallest absolute Gasteiger partial charge is 0.469 e. The van der Waals surface area contributed by atoms with Gasteiger partial charge >= 0.3 is 14.0 Å². The van der Waals surface area contributed by atoms with Crippen molar-refractivity contribution >= 4 is 31.2 Å². The van der Waals surface area contributed by atoms with Gasteiger partial charge in [0.25, 0.3) is 0 Å². The fourth-order valence-corrected chi connectivity index (χ4v) is 4.75. The Hall–Kier alpha value is -2.86. The van der Waals surface area contributed by atoms with Gasteiger partial charge in [-0.05, 0) is 48.9 Å². The summed E-state index contributed by atoms with van der Waals surface area (Å²) in [7, 11) is -3.70. The average molecular weight is 571 g/mol. The molecule has 0 spiro atoms. The number of ether oxygens (including phenoxy) is 1. The number of benzene rings is 3. The molecule has 0 radical (unpaired) electrons. The monoisotopic (exact) mass is 570 g/mol. The van der Waals surface area contributed by atoms with Crippen molar-refractivity contribution in [1.82, 2.24) is 0 Å². The summed E-state index contributed by atoms with van der Waals surface area (Å²) in [5, 5.41) is 0. The molecule has 0 unspecified atom stereocenters. The predicted molar refractivity (Wildman–Crippen MR) is 137 cm³/mol. The number of carbonyl (C=O) groups is 1. The molecule has 3 aromatic rings. The van der Waals surface area contributed by atoms with Gasteiger partial charge in [-0.3, -0.25) is 9.32 Å². The Bertz CT molecular complexity index is 1320. The normalized spacial score (nSPS) is 13.6. The maximum Gasteiger partial charge on any atom is 0.469 e. The van der Waals surface area contributed by atoms with Crippen molar-refractivity contribution in [2.24, 2.45) is 5.73 Å². The molecule has 8 nitrogen and oxygen atoms in total. The van der Waals surface area contributed by atoms with E-state index in [1.54, 1.807) is 24.3 Å². The number of halogens is 3. The average Bonchev–Trinajstić information content (AvgIpc) is 2.85. The van der Waals surface area contributed by atoms with E-state index in [4.69, 9.17) is 20.3 Å². The van der Waals surface area contributed by atoms with Crippen LogP contribution in [-0.4, -0.2) is 34.9 Å². The van der Waals surface area contributed by atoms with Gasteiger partial charge in [-0.25, -0.2) is 4.57 Å². The highest BCUT2D eigenvalue weighted by Gasteiger charge is 2.37. The predicted octanol–water partition coefficient (Wildman–Crippen LogP) is 5.23. The molecular weight excluding hydrogens is 544 g/mol. The molecule has 0 saturated carbocycles. The standard InChI is InChI=1S/C25H26F3N2O6PS/c1-24(29,16-36-37(32,33)34)23(31)30(2)18-11-12-22(21(13-18)25(26,27)28)38-20-10-6-9-19(14-20)35-15-17-7-4-3-5-8-17/h3-14H,15-16,29H2,1-2H3,(H2,32,33,34)/t24-/m0/s1. The van der Waals surface area contributed by atoms with Crippen LogP contribution in [0.4, 0.5) is 18.9 Å². The maximum absolute atomic E-state index is 14.0. The van der Waals surface area contributed by atoms with E-state index in [9.17, 15) is 22.5 Å². The van der Waals surface area contributed by atoms with Crippen LogP contribution in [0.25, 0.3) is 0 Å². The molecule has 3 aromatic carbocycles. The fourth-order valence-electron chi connectivity index (χ4n) is 3.31. The van der Waals surface area contributed by atoms with Crippen molar-refractivity contribution < 1.29 is 41.6 Å². The van der Waals surface area contributed by atoms with Crippen LogP contribution in [0, 0.1) is 0 Å². The Kier molecular flexibility index (Phi) is 9.30. The Morgan fingerprint density at radius 2 is 1.74 bits per heavy atom. The largest absolute Gasteiger partial charge is 0.489 e. The molecule has 38 heavy (non-hydrogen) atoms. The van der Waals surface area contributed by atoms with Crippen molar-refractivity contribution in [1.29, 1.82) is 0 Å². The number of phosphoric ester groups is 1. The number of likely N-dealkylation sites (N-methyl/N-ethyl adjacent to an activating group) is 1. The summed E-state index contributed by atoms with van der Waals surface area (Å²) in [4.78, 5) is 31.8. The summed E-state index contributed by atoms with van der Waals surface area (Å²) in [6.45, 7) is 0.615. The lowest BCUT2D eigenvalue weighted by Crippen LogP contribution is -2.55. The number of hydrogen-bond acceptors (Lipinski definition) is 6. The van der Waals surface area contributed by atoms with E-state index < -0.39 is 37.6 Å². The molecule has 204 valence electrons. The van der Waals surface area contributed by atoms with Crippen LogP contribution in [-0.2, 0) is 26.7 Å². The number of alkyl halides is 3. The minimum absolute atomic E-state index is 0.0948. The fraction of sp³-hybridized carbons (Fsp3) is 0.240. The summed E-state index contributed by atoms with van der Waals surface area (Å²) >= 11 is 0.887. The Labute approximate surface area is 221 Å². The zero-order valence-corrected chi connectivity index (χ0v) is 22.1. The second kappa shape index (κ2) is 11.9. The maximum atomic E-state index is 14.0. The molecule has 0 aliphatic heterocycles. The Morgan fingerprint density at radius 1 is 1.05 bits per heavy atom. The SMILES string of the molecule is CN(C(=O)[C@@](C)(N)COP(=O)(O)O)c1ccc(Sc2cccc(OCc3ccccc3)c2)c(C(F)(F)F)c1. The number of carbonyl (C=O) groups excluding carboxylic acids is 1. The van der Waals surface area contributed by atoms with Crippen LogP contribution < -0.4 is 15.4 Å². The van der Waals surface area contributed by atoms with Crippen LogP contribution >= 0.6 is 19.6 Å². The molecule has 0 heterocycles. The van der Waals surface area contributed by atoms with E-state index in [1.807, 2.05) is 30.3 Å². The zero-order chi connectivity index (χ0) is 28.1. The quantitative estimate of drug-likeness (QED) is 0.284. The number of nitrogens with two attached hydrogens (primary N) is 1. The minimum atomic E-state index is -4.91. The summed E-state index contributed by atoms with van der Waals surface area (Å²) in [6.07, 6.45) is -4.74. The van der Waals surface area contributed by atoms with Gasteiger partial charge in [0.2, 0.25) is 5.91 Å².